The van der Waals surface area contributed by atoms with Crippen LogP contribution in [0.3, 0.4) is 0 Å². The number of amides is 2. The maximum Gasteiger partial charge on any atom is 0.233 e. The maximum atomic E-state index is 12.9. The molecule has 1 aromatic rings. The van der Waals surface area contributed by atoms with Crippen LogP contribution in [0.1, 0.15) is 31.4 Å². The van der Waals surface area contributed by atoms with Crippen LogP contribution in [0.2, 0.25) is 0 Å². The molecule has 0 spiro atoms. The smallest absolute Gasteiger partial charge is 0.233 e. The molecule has 2 amide bonds. The van der Waals surface area contributed by atoms with Crippen molar-refractivity contribution in [2.75, 3.05) is 32.8 Å². The average molecular weight is 374 g/mol. The van der Waals surface area contributed by atoms with Gasteiger partial charge in [-0.15, -0.1) is 5.10 Å². The Labute approximate surface area is 158 Å². The van der Waals surface area contributed by atoms with Gasteiger partial charge >= 0.3 is 0 Å². The average Bonchev–Trinajstić information content (AvgIpc) is 3.30. The second kappa shape index (κ2) is 7.80. The molecular formula is C19H26N4O4. The van der Waals surface area contributed by atoms with E-state index in [0.29, 0.717) is 45.1 Å². The lowest BCUT2D eigenvalue weighted by molar-refractivity contribution is -0.135. The Morgan fingerprint density at radius 2 is 2.00 bits per heavy atom. The Morgan fingerprint density at radius 3 is 2.74 bits per heavy atom. The van der Waals surface area contributed by atoms with E-state index in [0.717, 1.165) is 25.0 Å². The molecule has 3 fully saturated rings. The molecule has 3 aliphatic rings. The fourth-order valence-electron chi connectivity index (χ4n) is 4.15. The van der Waals surface area contributed by atoms with Crippen molar-refractivity contribution >= 4 is 11.8 Å². The Hall–Kier alpha value is -2.22. The van der Waals surface area contributed by atoms with Crippen LogP contribution in [0.25, 0.3) is 0 Å². The summed E-state index contributed by atoms with van der Waals surface area (Å²) in [6.45, 7) is 4.99. The molecule has 2 atom stereocenters. The van der Waals surface area contributed by atoms with Crippen molar-refractivity contribution in [2.45, 2.75) is 44.8 Å². The van der Waals surface area contributed by atoms with Crippen molar-refractivity contribution in [1.82, 2.24) is 20.0 Å². The number of aromatic nitrogens is 2. The van der Waals surface area contributed by atoms with Crippen molar-refractivity contribution in [3.63, 3.8) is 0 Å². The van der Waals surface area contributed by atoms with Crippen molar-refractivity contribution in [3.8, 4) is 5.88 Å². The number of carbonyl (C=O) groups is 2. The maximum absolute atomic E-state index is 12.9. The molecule has 0 radical (unpaired) electrons. The number of carbonyl (C=O) groups excluding carboxylic acids is 2. The first-order valence-electron chi connectivity index (χ1n) is 9.73. The molecule has 146 valence electrons. The Bertz CT molecular complexity index is 689. The monoisotopic (exact) mass is 374 g/mol. The van der Waals surface area contributed by atoms with E-state index in [1.54, 1.807) is 6.07 Å². The number of hydrogen-bond acceptors (Lipinski definition) is 6. The molecule has 8 heteroatoms. The quantitative estimate of drug-likeness (QED) is 0.775. The van der Waals surface area contributed by atoms with Crippen LogP contribution in [0, 0.1) is 12.8 Å². The highest BCUT2D eigenvalue weighted by molar-refractivity contribution is 5.89. The van der Waals surface area contributed by atoms with Gasteiger partial charge in [-0.3, -0.25) is 9.59 Å². The molecule has 0 N–H and O–H groups in total. The van der Waals surface area contributed by atoms with E-state index in [-0.39, 0.29) is 29.9 Å². The number of nitrogens with zero attached hydrogens (tertiary/aromatic N) is 4. The summed E-state index contributed by atoms with van der Waals surface area (Å²) < 4.78 is 11.2. The van der Waals surface area contributed by atoms with Gasteiger partial charge in [-0.25, -0.2) is 0 Å². The van der Waals surface area contributed by atoms with E-state index in [2.05, 4.69) is 10.2 Å². The number of rotatable bonds is 4. The predicted octanol–water partition coefficient (Wildman–Crippen LogP) is 0.792. The summed E-state index contributed by atoms with van der Waals surface area (Å²) in [5, 5.41) is 8.02. The molecule has 4 rings (SSSR count). The molecule has 27 heavy (non-hydrogen) atoms. The lowest BCUT2D eigenvalue weighted by Crippen LogP contribution is -2.42. The second-order valence-electron chi connectivity index (χ2n) is 7.62. The number of hydrogen-bond donors (Lipinski definition) is 0. The third-order valence-corrected chi connectivity index (χ3v) is 5.66. The van der Waals surface area contributed by atoms with Crippen molar-refractivity contribution < 1.29 is 19.1 Å². The minimum Gasteiger partial charge on any atom is -0.471 e. The van der Waals surface area contributed by atoms with Crippen molar-refractivity contribution in [3.05, 3.63) is 17.8 Å². The van der Waals surface area contributed by atoms with Gasteiger partial charge in [-0.05, 0) is 25.8 Å². The Morgan fingerprint density at radius 1 is 1.19 bits per heavy atom. The normalized spacial score (nSPS) is 26.6. The standard InChI is InChI=1S/C19H26N4O4/c1-13-2-3-17(21-20-13)27-16-4-7-22(12-16)19(25)14-10-18(24)23(11-14)15-5-8-26-9-6-15/h2-3,14-16H,4-12H2,1H3/t14-,16+/m1/s1. The van der Waals surface area contributed by atoms with E-state index >= 15 is 0 Å². The van der Waals surface area contributed by atoms with Crippen LogP contribution in [0.5, 0.6) is 5.88 Å². The molecule has 3 aliphatic heterocycles. The second-order valence-corrected chi connectivity index (χ2v) is 7.62. The lowest BCUT2D eigenvalue weighted by atomic mass is 10.1. The summed E-state index contributed by atoms with van der Waals surface area (Å²) in [6.07, 6.45) is 2.75. The van der Waals surface area contributed by atoms with Crippen LogP contribution >= 0.6 is 0 Å². The molecule has 4 heterocycles. The molecule has 0 unspecified atom stereocenters. The molecular weight excluding hydrogens is 348 g/mol. The van der Waals surface area contributed by atoms with Crippen LogP contribution in [-0.4, -0.2) is 76.8 Å². The zero-order chi connectivity index (χ0) is 18.8. The van der Waals surface area contributed by atoms with E-state index < -0.39 is 0 Å². The SMILES string of the molecule is Cc1ccc(O[C@H]2CCN(C(=O)[C@@H]3CC(=O)N(C4CCOCC4)C3)C2)nn1. The van der Waals surface area contributed by atoms with Gasteiger partial charge in [-0.2, -0.15) is 5.10 Å². The van der Waals surface area contributed by atoms with Gasteiger partial charge in [0.25, 0.3) is 0 Å². The van der Waals surface area contributed by atoms with Crippen molar-refractivity contribution in [1.29, 1.82) is 0 Å². The topological polar surface area (TPSA) is 84.9 Å². The minimum atomic E-state index is -0.238. The summed E-state index contributed by atoms with van der Waals surface area (Å²) in [6, 6.07) is 3.88. The lowest BCUT2D eigenvalue weighted by Gasteiger charge is -2.31. The van der Waals surface area contributed by atoms with Gasteiger partial charge in [0.15, 0.2) is 0 Å². The van der Waals surface area contributed by atoms with Gasteiger partial charge in [0.05, 0.1) is 18.2 Å². The van der Waals surface area contributed by atoms with Gasteiger partial charge in [-0.1, -0.05) is 0 Å². The first-order valence-corrected chi connectivity index (χ1v) is 9.73. The van der Waals surface area contributed by atoms with Gasteiger partial charge in [0, 0.05) is 51.3 Å². The summed E-state index contributed by atoms with van der Waals surface area (Å²) in [4.78, 5) is 29.0. The first kappa shape index (κ1) is 18.2. The summed E-state index contributed by atoms with van der Waals surface area (Å²) >= 11 is 0. The third-order valence-electron chi connectivity index (χ3n) is 5.66. The van der Waals surface area contributed by atoms with Gasteiger partial charge in [0.2, 0.25) is 17.7 Å². The summed E-state index contributed by atoms with van der Waals surface area (Å²) in [5.41, 5.74) is 0.838. The number of aryl methyl sites for hydroxylation is 1. The minimum absolute atomic E-state index is 0.0685. The Kier molecular flexibility index (Phi) is 5.24. The van der Waals surface area contributed by atoms with E-state index in [1.165, 1.54) is 0 Å². The number of likely N-dealkylation sites (tertiary alicyclic amines) is 2. The zero-order valence-corrected chi connectivity index (χ0v) is 15.7. The van der Waals surface area contributed by atoms with E-state index in [4.69, 9.17) is 9.47 Å². The molecule has 0 aliphatic carbocycles. The number of ether oxygens (including phenoxy) is 2. The van der Waals surface area contributed by atoms with Gasteiger partial charge < -0.3 is 19.3 Å². The molecule has 0 aromatic carbocycles. The fourth-order valence-corrected chi connectivity index (χ4v) is 4.15. The molecule has 8 nitrogen and oxygen atoms in total. The highest BCUT2D eigenvalue weighted by atomic mass is 16.5. The molecule has 0 saturated carbocycles. The molecule has 0 bridgehead atoms. The van der Waals surface area contributed by atoms with Crippen LogP contribution in [0.15, 0.2) is 12.1 Å². The highest BCUT2D eigenvalue weighted by Gasteiger charge is 2.41. The van der Waals surface area contributed by atoms with Crippen LogP contribution < -0.4 is 4.74 Å². The van der Waals surface area contributed by atoms with Gasteiger partial charge in [0.1, 0.15) is 6.10 Å². The Balaban J connectivity index is 1.31. The van der Waals surface area contributed by atoms with Crippen LogP contribution in [0.4, 0.5) is 0 Å². The van der Waals surface area contributed by atoms with Crippen LogP contribution in [-0.2, 0) is 14.3 Å². The zero-order valence-electron chi connectivity index (χ0n) is 15.7. The first-order chi connectivity index (χ1) is 13.1. The predicted molar refractivity (Wildman–Crippen MR) is 96.0 cm³/mol. The highest BCUT2D eigenvalue weighted by Crippen LogP contribution is 2.27. The van der Waals surface area contributed by atoms with E-state index in [9.17, 15) is 9.59 Å². The largest absolute Gasteiger partial charge is 0.471 e. The molecule has 1 aromatic heterocycles. The summed E-state index contributed by atoms with van der Waals surface area (Å²) in [5.74, 6) is 0.418. The van der Waals surface area contributed by atoms with Crippen molar-refractivity contribution in [2.24, 2.45) is 5.92 Å². The summed E-state index contributed by atoms with van der Waals surface area (Å²) in [7, 11) is 0. The molecule has 3 saturated heterocycles. The van der Waals surface area contributed by atoms with E-state index in [1.807, 2.05) is 22.8 Å². The third kappa shape index (κ3) is 4.05. The fraction of sp³-hybridized carbons (Fsp3) is 0.684.